The Labute approximate surface area is 196 Å². The van der Waals surface area contributed by atoms with Gasteiger partial charge in [-0.1, -0.05) is 12.1 Å². The summed E-state index contributed by atoms with van der Waals surface area (Å²) >= 11 is 0. The van der Waals surface area contributed by atoms with Crippen molar-refractivity contribution in [3.63, 3.8) is 0 Å². The molecule has 4 aromatic rings. The highest BCUT2D eigenvalue weighted by molar-refractivity contribution is 6.00. The van der Waals surface area contributed by atoms with E-state index in [2.05, 4.69) is 31.0 Å². The molecule has 0 spiro atoms. The number of nitrogens with zero attached hydrogens (tertiary/aromatic N) is 5. The van der Waals surface area contributed by atoms with Gasteiger partial charge in [-0.05, 0) is 44.4 Å². The summed E-state index contributed by atoms with van der Waals surface area (Å²) in [5.74, 6) is -0.266. The molecule has 0 saturated carbocycles. The number of aromatic nitrogens is 4. The number of hydrogen-bond donors (Lipinski definition) is 4. The Bertz CT molecular complexity index is 1360. The normalized spacial score (nSPS) is 10.9. The van der Waals surface area contributed by atoms with Crippen LogP contribution >= 0.6 is 0 Å². The largest absolute Gasteiger partial charge is 0.365 e. The van der Waals surface area contributed by atoms with E-state index in [9.17, 15) is 9.59 Å². The lowest BCUT2D eigenvalue weighted by Crippen LogP contribution is -2.27. The number of primary amides is 1. The van der Waals surface area contributed by atoms with Crippen molar-refractivity contribution in [2.45, 2.75) is 0 Å². The first kappa shape index (κ1) is 22.7. The van der Waals surface area contributed by atoms with Crippen molar-refractivity contribution < 1.29 is 9.59 Å². The summed E-state index contributed by atoms with van der Waals surface area (Å²) in [7, 11) is 5.50. The van der Waals surface area contributed by atoms with Crippen molar-refractivity contribution in [1.29, 1.82) is 0 Å². The van der Waals surface area contributed by atoms with E-state index in [1.165, 1.54) is 6.20 Å². The van der Waals surface area contributed by atoms with Crippen LogP contribution in [0.2, 0.25) is 0 Å². The van der Waals surface area contributed by atoms with Crippen molar-refractivity contribution in [1.82, 2.24) is 24.6 Å². The van der Waals surface area contributed by atoms with E-state index in [0.717, 1.165) is 16.6 Å². The number of anilines is 5. The first-order valence-corrected chi connectivity index (χ1v) is 10.5. The number of carbonyl (C=O) groups is 2. The zero-order chi connectivity index (χ0) is 24.2. The maximum Gasteiger partial charge on any atom is 0.254 e. The van der Waals surface area contributed by atoms with E-state index in [1.807, 2.05) is 45.4 Å². The average molecular weight is 460 g/mol. The molecular weight excluding hydrogens is 434 g/mol. The lowest BCUT2D eigenvalue weighted by atomic mass is 10.2. The molecule has 0 radical (unpaired) electrons. The Morgan fingerprint density at radius 3 is 2.59 bits per heavy atom. The molecule has 34 heavy (non-hydrogen) atoms. The van der Waals surface area contributed by atoms with E-state index in [4.69, 9.17) is 5.73 Å². The van der Waals surface area contributed by atoms with Crippen LogP contribution in [0.5, 0.6) is 0 Å². The maximum atomic E-state index is 12.1. The Morgan fingerprint density at radius 2 is 1.82 bits per heavy atom. The number of benzene rings is 2. The molecule has 0 saturated heterocycles. The number of likely N-dealkylation sites (N-methyl/N-ethyl adjacent to an activating group) is 1. The van der Waals surface area contributed by atoms with Crippen LogP contribution in [0, 0.1) is 0 Å². The standard InChI is InChI=1S/C23H25N9O2/c1-31(2)13-20(33)27-14-6-4-7-15(10-14)28-23-25-11-17(21(24)34)22(30-23)29-18-8-5-9-19-16(18)12-26-32(19)3/h4-12H,13H2,1-3H3,(H2,24,34)(H,27,33)(H2,25,28,29,30). The Morgan fingerprint density at radius 1 is 1.06 bits per heavy atom. The van der Waals surface area contributed by atoms with Crippen molar-refractivity contribution >= 4 is 51.5 Å². The highest BCUT2D eigenvalue weighted by Gasteiger charge is 2.15. The van der Waals surface area contributed by atoms with E-state index >= 15 is 0 Å². The van der Waals surface area contributed by atoms with E-state index in [-0.39, 0.29) is 29.8 Å². The summed E-state index contributed by atoms with van der Waals surface area (Å²) < 4.78 is 1.76. The summed E-state index contributed by atoms with van der Waals surface area (Å²) in [6.07, 6.45) is 3.10. The fourth-order valence-electron chi connectivity index (χ4n) is 3.42. The van der Waals surface area contributed by atoms with Crippen LogP contribution in [0.1, 0.15) is 10.4 Å². The van der Waals surface area contributed by atoms with Crippen molar-refractivity contribution in [2.75, 3.05) is 36.6 Å². The van der Waals surface area contributed by atoms with Gasteiger partial charge in [-0.2, -0.15) is 10.1 Å². The third kappa shape index (κ3) is 5.10. The maximum absolute atomic E-state index is 12.1. The van der Waals surface area contributed by atoms with Crippen molar-refractivity contribution in [2.24, 2.45) is 12.8 Å². The van der Waals surface area contributed by atoms with Gasteiger partial charge in [0.25, 0.3) is 5.91 Å². The SMILES string of the molecule is CN(C)CC(=O)Nc1cccc(Nc2ncc(C(N)=O)c(Nc3cccc4c3cnn4C)n2)c1. The van der Waals surface area contributed by atoms with E-state index in [0.29, 0.717) is 11.4 Å². The number of carbonyl (C=O) groups excluding carboxylic acids is 2. The third-order valence-corrected chi connectivity index (χ3v) is 4.96. The Kier molecular flexibility index (Phi) is 6.37. The minimum Gasteiger partial charge on any atom is -0.365 e. The third-order valence-electron chi connectivity index (χ3n) is 4.96. The summed E-state index contributed by atoms with van der Waals surface area (Å²) in [4.78, 5) is 34.5. The molecule has 2 amide bonds. The monoisotopic (exact) mass is 459 g/mol. The van der Waals surface area contributed by atoms with Crippen LogP contribution in [-0.4, -0.2) is 57.1 Å². The molecule has 2 aromatic carbocycles. The molecular formula is C23H25N9O2. The molecule has 11 heteroatoms. The first-order chi connectivity index (χ1) is 16.3. The predicted molar refractivity (Wildman–Crippen MR) is 131 cm³/mol. The fourth-order valence-corrected chi connectivity index (χ4v) is 3.42. The van der Waals surface area contributed by atoms with Gasteiger partial charge in [-0.15, -0.1) is 0 Å². The van der Waals surface area contributed by atoms with Gasteiger partial charge in [0.15, 0.2) is 0 Å². The number of rotatable bonds is 8. The minimum absolute atomic E-state index is 0.125. The highest BCUT2D eigenvalue weighted by atomic mass is 16.2. The molecule has 0 aliphatic carbocycles. The molecule has 2 heterocycles. The molecule has 174 valence electrons. The fraction of sp³-hybridized carbons (Fsp3) is 0.174. The smallest absolute Gasteiger partial charge is 0.254 e. The molecule has 0 fully saturated rings. The first-order valence-electron chi connectivity index (χ1n) is 10.5. The minimum atomic E-state index is -0.655. The van der Waals surface area contributed by atoms with Gasteiger partial charge in [0, 0.05) is 30.0 Å². The lowest BCUT2D eigenvalue weighted by molar-refractivity contribution is -0.116. The van der Waals surface area contributed by atoms with Crippen LogP contribution < -0.4 is 21.7 Å². The van der Waals surface area contributed by atoms with Gasteiger partial charge in [0.1, 0.15) is 11.4 Å². The van der Waals surface area contributed by atoms with Gasteiger partial charge in [-0.25, -0.2) is 4.98 Å². The molecule has 0 aliphatic heterocycles. The van der Waals surface area contributed by atoms with E-state index in [1.54, 1.807) is 34.0 Å². The number of hydrogen-bond acceptors (Lipinski definition) is 8. The Hall–Kier alpha value is -4.51. The summed E-state index contributed by atoms with van der Waals surface area (Å²) in [5, 5.41) is 14.3. The highest BCUT2D eigenvalue weighted by Crippen LogP contribution is 2.27. The second-order valence-electron chi connectivity index (χ2n) is 7.94. The van der Waals surface area contributed by atoms with Crippen LogP contribution in [0.15, 0.2) is 54.9 Å². The zero-order valence-corrected chi connectivity index (χ0v) is 19.0. The molecule has 0 atom stereocenters. The van der Waals surface area contributed by atoms with Gasteiger partial charge in [0.05, 0.1) is 23.9 Å². The predicted octanol–water partition coefficient (Wildman–Crippen LogP) is 2.45. The topological polar surface area (TPSA) is 143 Å². The summed E-state index contributed by atoms with van der Waals surface area (Å²) in [6.45, 7) is 0.272. The van der Waals surface area contributed by atoms with Crippen LogP contribution in [0.4, 0.5) is 28.8 Å². The number of fused-ring (bicyclic) bond motifs is 1. The summed E-state index contributed by atoms with van der Waals surface area (Å²) in [5.41, 5.74) is 8.64. The number of nitrogens with two attached hydrogens (primary N) is 1. The summed E-state index contributed by atoms with van der Waals surface area (Å²) in [6, 6.07) is 12.9. The molecule has 4 rings (SSSR count). The van der Waals surface area contributed by atoms with Gasteiger partial charge in [-0.3, -0.25) is 14.3 Å². The average Bonchev–Trinajstić information content (AvgIpc) is 3.15. The second kappa shape index (κ2) is 9.55. The van der Waals surface area contributed by atoms with Crippen LogP contribution in [0.3, 0.4) is 0 Å². The van der Waals surface area contributed by atoms with Crippen LogP contribution in [-0.2, 0) is 11.8 Å². The van der Waals surface area contributed by atoms with Crippen LogP contribution in [0.25, 0.3) is 10.9 Å². The van der Waals surface area contributed by atoms with Crippen molar-refractivity contribution in [3.05, 3.63) is 60.4 Å². The zero-order valence-electron chi connectivity index (χ0n) is 19.0. The van der Waals surface area contributed by atoms with Gasteiger partial charge < -0.3 is 26.6 Å². The molecule has 0 bridgehead atoms. The molecule has 0 aliphatic rings. The number of amides is 2. The molecule has 2 aromatic heterocycles. The van der Waals surface area contributed by atoms with Gasteiger partial charge in [0.2, 0.25) is 11.9 Å². The number of aryl methyl sites for hydroxylation is 1. The second-order valence-corrected chi connectivity index (χ2v) is 7.94. The quantitative estimate of drug-likeness (QED) is 0.315. The van der Waals surface area contributed by atoms with Crippen molar-refractivity contribution in [3.8, 4) is 0 Å². The van der Waals surface area contributed by atoms with E-state index < -0.39 is 5.91 Å². The van der Waals surface area contributed by atoms with Gasteiger partial charge >= 0.3 is 0 Å². The lowest BCUT2D eigenvalue weighted by Gasteiger charge is -2.13. The molecule has 5 N–H and O–H groups in total. The Balaban J connectivity index is 1.60. The number of nitrogens with one attached hydrogen (secondary N) is 3. The molecule has 11 nitrogen and oxygen atoms in total. The molecule has 0 unspecified atom stereocenters.